The first kappa shape index (κ1) is 14.3. The largest absolute Gasteiger partial charge is 0.416 e. The number of nitrogens with zero attached hydrogens (tertiary/aromatic N) is 1. The van der Waals surface area contributed by atoms with Crippen molar-refractivity contribution in [3.63, 3.8) is 0 Å². The van der Waals surface area contributed by atoms with Crippen molar-refractivity contribution >= 4 is 0 Å². The molecule has 0 fully saturated rings. The molecule has 0 radical (unpaired) electrons. The zero-order valence-electron chi connectivity index (χ0n) is 10.8. The van der Waals surface area contributed by atoms with Crippen LogP contribution in [0.2, 0.25) is 0 Å². The Bertz CT molecular complexity index is 662. The molecule has 0 bridgehead atoms. The molecule has 3 nitrogen and oxygen atoms in total. The molecule has 2 aromatic rings. The zero-order chi connectivity index (χ0) is 14.8. The van der Waals surface area contributed by atoms with Crippen molar-refractivity contribution in [3.8, 4) is 11.4 Å². The number of aryl methyl sites for hydroxylation is 1. The van der Waals surface area contributed by atoms with Gasteiger partial charge >= 0.3 is 6.18 Å². The zero-order valence-corrected chi connectivity index (χ0v) is 10.8. The fourth-order valence-electron chi connectivity index (χ4n) is 1.87. The van der Waals surface area contributed by atoms with Gasteiger partial charge in [-0.15, -0.1) is 0 Å². The van der Waals surface area contributed by atoms with E-state index in [2.05, 4.69) is 9.97 Å². The first-order chi connectivity index (χ1) is 9.40. The van der Waals surface area contributed by atoms with Crippen LogP contribution in [0.3, 0.4) is 0 Å². The van der Waals surface area contributed by atoms with Crippen molar-refractivity contribution in [2.45, 2.75) is 25.9 Å². The van der Waals surface area contributed by atoms with Crippen LogP contribution in [-0.2, 0) is 12.6 Å². The highest BCUT2D eigenvalue weighted by Gasteiger charge is 2.30. The topological polar surface area (TPSA) is 45.8 Å². The van der Waals surface area contributed by atoms with Gasteiger partial charge in [0.25, 0.3) is 5.56 Å². The van der Waals surface area contributed by atoms with Gasteiger partial charge < -0.3 is 4.98 Å². The monoisotopic (exact) mass is 282 g/mol. The molecule has 1 aromatic carbocycles. The molecule has 0 unspecified atom stereocenters. The summed E-state index contributed by atoms with van der Waals surface area (Å²) in [4.78, 5) is 18.2. The molecule has 0 aliphatic rings. The minimum atomic E-state index is -4.42. The molecule has 2 rings (SSSR count). The summed E-state index contributed by atoms with van der Waals surface area (Å²) >= 11 is 0. The van der Waals surface area contributed by atoms with Crippen LogP contribution >= 0.6 is 0 Å². The number of alkyl halides is 3. The van der Waals surface area contributed by atoms with E-state index >= 15 is 0 Å². The first-order valence-electron chi connectivity index (χ1n) is 6.18. The number of aromatic nitrogens is 2. The highest BCUT2D eigenvalue weighted by molar-refractivity contribution is 5.56. The average molecular weight is 282 g/mol. The molecule has 6 heteroatoms. The third kappa shape index (κ3) is 3.26. The maximum atomic E-state index is 12.7. The molecule has 0 spiro atoms. The predicted molar refractivity (Wildman–Crippen MR) is 69.3 cm³/mol. The Morgan fingerprint density at radius 2 is 2.00 bits per heavy atom. The molecular weight excluding hydrogens is 269 g/mol. The maximum Gasteiger partial charge on any atom is 0.416 e. The Balaban J connectivity index is 2.49. The second kappa shape index (κ2) is 5.48. The molecule has 0 atom stereocenters. The Morgan fingerprint density at radius 3 is 2.65 bits per heavy atom. The molecule has 0 saturated carbocycles. The summed E-state index contributed by atoms with van der Waals surface area (Å²) in [6, 6.07) is 6.11. The summed E-state index contributed by atoms with van der Waals surface area (Å²) in [6.07, 6.45) is -3.01. The van der Waals surface area contributed by atoms with E-state index in [4.69, 9.17) is 0 Å². The van der Waals surface area contributed by atoms with Crippen LogP contribution in [-0.4, -0.2) is 9.97 Å². The summed E-state index contributed by atoms with van der Waals surface area (Å²) in [5, 5.41) is 0. The highest BCUT2D eigenvalue weighted by Crippen LogP contribution is 2.31. The normalized spacial score (nSPS) is 11.6. The average Bonchev–Trinajstić information content (AvgIpc) is 2.37. The molecule has 0 amide bonds. The summed E-state index contributed by atoms with van der Waals surface area (Å²) in [5.41, 5.74) is -0.312. The molecule has 20 heavy (non-hydrogen) atoms. The minimum Gasteiger partial charge on any atom is -0.307 e. The van der Waals surface area contributed by atoms with Gasteiger partial charge in [-0.25, -0.2) is 4.98 Å². The van der Waals surface area contributed by atoms with Crippen molar-refractivity contribution < 1.29 is 13.2 Å². The molecule has 0 aliphatic heterocycles. The van der Waals surface area contributed by atoms with Crippen molar-refractivity contribution in [3.05, 3.63) is 51.9 Å². The van der Waals surface area contributed by atoms with Gasteiger partial charge in [0, 0.05) is 17.3 Å². The predicted octanol–water partition coefficient (Wildman–Crippen LogP) is 3.41. The van der Waals surface area contributed by atoms with Gasteiger partial charge in [0.2, 0.25) is 0 Å². The molecule has 1 aromatic heterocycles. The van der Waals surface area contributed by atoms with Gasteiger partial charge in [0.1, 0.15) is 5.82 Å². The van der Waals surface area contributed by atoms with Crippen LogP contribution in [0, 0.1) is 0 Å². The van der Waals surface area contributed by atoms with E-state index in [0.29, 0.717) is 12.1 Å². The second-order valence-electron chi connectivity index (χ2n) is 4.41. The van der Waals surface area contributed by atoms with Crippen LogP contribution in [0.1, 0.15) is 24.6 Å². The summed E-state index contributed by atoms with van der Waals surface area (Å²) in [7, 11) is 0. The van der Waals surface area contributed by atoms with Crippen molar-refractivity contribution in [1.82, 2.24) is 9.97 Å². The van der Waals surface area contributed by atoms with E-state index in [1.165, 1.54) is 18.2 Å². The lowest BCUT2D eigenvalue weighted by Gasteiger charge is -2.09. The number of hydrogen-bond donors (Lipinski definition) is 1. The lowest BCUT2D eigenvalue weighted by atomic mass is 10.1. The van der Waals surface area contributed by atoms with Crippen LogP contribution in [0.5, 0.6) is 0 Å². The van der Waals surface area contributed by atoms with E-state index in [0.717, 1.165) is 18.6 Å². The number of rotatable bonds is 3. The van der Waals surface area contributed by atoms with Gasteiger partial charge in [-0.3, -0.25) is 4.79 Å². The third-order valence-electron chi connectivity index (χ3n) is 2.76. The Kier molecular flexibility index (Phi) is 3.92. The highest BCUT2D eigenvalue weighted by atomic mass is 19.4. The van der Waals surface area contributed by atoms with E-state index in [1.54, 1.807) is 0 Å². The molecule has 106 valence electrons. The van der Waals surface area contributed by atoms with Gasteiger partial charge in [0.15, 0.2) is 0 Å². The SMILES string of the molecule is CCCc1cc(=O)[nH]c(-c2cccc(C(F)(F)F)c2)n1. The van der Waals surface area contributed by atoms with E-state index < -0.39 is 11.7 Å². The number of hydrogen-bond acceptors (Lipinski definition) is 2. The van der Waals surface area contributed by atoms with E-state index in [-0.39, 0.29) is 16.9 Å². The van der Waals surface area contributed by atoms with Crippen LogP contribution < -0.4 is 5.56 Å². The van der Waals surface area contributed by atoms with Crippen molar-refractivity contribution in [2.75, 3.05) is 0 Å². The van der Waals surface area contributed by atoms with Gasteiger partial charge in [-0.2, -0.15) is 13.2 Å². The van der Waals surface area contributed by atoms with Crippen molar-refractivity contribution in [1.29, 1.82) is 0 Å². The summed E-state index contributed by atoms with van der Waals surface area (Å²) in [5.74, 6) is 0.159. The molecule has 1 N–H and O–H groups in total. The number of nitrogens with one attached hydrogen (secondary N) is 1. The lowest BCUT2D eigenvalue weighted by Crippen LogP contribution is -2.11. The summed E-state index contributed by atoms with van der Waals surface area (Å²) in [6.45, 7) is 1.94. The van der Waals surface area contributed by atoms with Gasteiger partial charge in [0.05, 0.1) is 5.56 Å². The van der Waals surface area contributed by atoms with Gasteiger partial charge in [-0.05, 0) is 18.6 Å². The smallest absolute Gasteiger partial charge is 0.307 e. The van der Waals surface area contributed by atoms with E-state index in [1.807, 2.05) is 6.92 Å². The number of halogens is 3. The maximum absolute atomic E-state index is 12.7. The fraction of sp³-hybridized carbons (Fsp3) is 0.286. The minimum absolute atomic E-state index is 0.159. The Labute approximate surface area is 113 Å². The standard InChI is InChI=1S/C14H13F3N2O/c1-2-4-11-8-12(20)19-13(18-11)9-5-3-6-10(7-9)14(15,16)17/h3,5-8H,2,4H2,1H3,(H,18,19,20). The van der Waals surface area contributed by atoms with Crippen molar-refractivity contribution in [2.24, 2.45) is 0 Å². The Morgan fingerprint density at radius 1 is 1.25 bits per heavy atom. The number of H-pyrrole nitrogens is 1. The Hall–Kier alpha value is -2.11. The molecule has 0 saturated heterocycles. The first-order valence-corrected chi connectivity index (χ1v) is 6.18. The lowest BCUT2D eigenvalue weighted by molar-refractivity contribution is -0.137. The van der Waals surface area contributed by atoms with Gasteiger partial charge in [-0.1, -0.05) is 25.5 Å². The molecular formula is C14H13F3N2O. The quantitative estimate of drug-likeness (QED) is 0.937. The molecule has 1 heterocycles. The van der Waals surface area contributed by atoms with Crippen LogP contribution in [0.25, 0.3) is 11.4 Å². The number of benzene rings is 1. The number of aromatic amines is 1. The third-order valence-corrected chi connectivity index (χ3v) is 2.76. The molecule has 0 aliphatic carbocycles. The van der Waals surface area contributed by atoms with E-state index in [9.17, 15) is 18.0 Å². The van der Waals surface area contributed by atoms with Crippen LogP contribution in [0.15, 0.2) is 35.1 Å². The summed E-state index contributed by atoms with van der Waals surface area (Å²) < 4.78 is 38.0. The fourth-order valence-corrected chi connectivity index (χ4v) is 1.87. The second-order valence-corrected chi connectivity index (χ2v) is 4.41. The van der Waals surface area contributed by atoms with Crippen LogP contribution in [0.4, 0.5) is 13.2 Å².